The Morgan fingerprint density at radius 3 is 1.78 bits per heavy atom. The van der Waals surface area contributed by atoms with Crippen molar-refractivity contribution in [1.82, 2.24) is 0 Å². The van der Waals surface area contributed by atoms with Crippen molar-refractivity contribution in [2.75, 3.05) is 0 Å². The molecular weight excluding hydrogens is 159 g/mol. The molecular formula is C6H8Cl2O. The molecule has 2 unspecified atom stereocenters. The Hall–Kier alpha value is 0.250. The standard InChI is InChI=1S/C6H8Cl2O/c1-6(2)4(7)3(9)5(6)8/h4-5H,1-2H3. The Morgan fingerprint density at radius 2 is 1.67 bits per heavy atom. The molecule has 0 amide bonds. The van der Waals surface area contributed by atoms with Crippen molar-refractivity contribution in [1.29, 1.82) is 0 Å². The lowest BCUT2D eigenvalue weighted by atomic mass is 9.70. The van der Waals surface area contributed by atoms with Gasteiger partial charge in [-0.3, -0.25) is 4.79 Å². The van der Waals surface area contributed by atoms with Crippen molar-refractivity contribution in [2.45, 2.75) is 24.6 Å². The largest absolute Gasteiger partial charge is 0.296 e. The number of halogens is 2. The minimum atomic E-state index is -0.375. The van der Waals surface area contributed by atoms with Crippen LogP contribution in [0.2, 0.25) is 0 Å². The van der Waals surface area contributed by atoms with E-state index in [2.05, 4.69) is 0 Å². The van der Waals surface area contributed by atoms with Gasteiger partial charge < -0.3 is 0 Å². The fourth-order valence-corrected chi connectivity index (χ4v) is 1.53. The molecule has 0 heterocycles. The summed E-state index contributed by atoms with van der Waals surface area (Å²) in [6, 6.07) is 0. The van der Waals surface area contributed by atoms with Gasteiger partial charge in [-0.05, 0) is 0 Å². The minimum Gasteiger partial charge on any atom is -0.296 e. The smallest absolute Gasteiger partial charge is 0.169 e. The molecule has 2 atom stereocenters. The highest BCUT2D eigenvalue weighted by Crippen LogP contribution is 2.44. The average molecular weight is 167 g/mol. The summed E-state index contributed by atoms with van der Waals surface area (Å²) in [6.45, 7) is 3.79. The number of carbonyl (C=O) groups is 1. The molecule has 0 aromatic carbocycles. The van der Waals surface area contributed by atoms with Crippen LogP contribution in [0, 0.1) is 5.41 Å². The van der Waals surface area contributed by atoms with Gasteiger partial charge in [0.15, 0.2) is 5.78 Å². The maximum absolute atomic E-state index is 10.7. The molecule has 0 bridgehead atoms. The first kappa shape index (κ1) is 7.36. The van der Waals surface area contributed by atoms with Crippen LogP contribution in [0.5, 0.6) is 0 Å². The minimum absolute atomic E-state index is 0.0386. The van der Waals surface area contributed by atoms with E-state index in [9.17, 15) is 4.79 Å². The Morgan fingerprint density at radius 1 is 1.33 bits per heavy atom. The molecule has 3 heteroatoms. The average Bonchev–Trinajstić information content (AvgIpc) is 1.84. The maximum Gasteiger partial charge on any atom is 0.169 e. The quantitative estimate of drug-likeness (QED) is 0.503. The first-order chi connectivity index (χ1) is 3.98. The number of hydrogen-bond donors (Lipinski definition) is 0. The number of rotatable bonds is 0. The summed E-state index contributed by atoms with van der Waals surface area (Å²) >= 11 is 11.3. The summed E-state index contributed by atoms with van der Waals surface area (Å²) in [5.74, 6) is -0.0386. The Bertz CT molecular complexity index is 139. The van der Waals surface area contributed by atoms with E-state index in [1.165, 1.54) is 0 Å². The van der Waals surface area contributed by atoms with Crippen LogP contribution in [0.4, 0.5) is 0 Å². The van der Waals surface area contributed by atoms with E-state index in [4.69, 9.17) is 23.2 Å². The van der Waals surface area contributed by atoms with Crippen LogP contribution < -0.4 is 0 Å². The number of ketones is 1. The lowest BCUT2D eigenvalue weighted by molar-refractivity contribution is -0.129. The fraction of sp³-hybridized carbons (Fsp3) is 0.833. The van der Waals surface area contributed by atoms with Crippen LogP contribution in [0.25, 0.3) is 0 Å². The van der Waals surface area contributed by atoms with Crippen molar-refractivity contribution in [3.05, 3.63) is 0 Å². The van der Waals surface area contributed by atoms with Crippen LogP contribution >= 0.6 is 23.2 Å². The predicted molar refractivity (Wildman–Crippen MR) is 38.1 cm³/mol. The first-order valence-electron chi connectivity index (χ1n) is 2.80. The van der Waals surface area contributed by atoms with Crippen LogP contribution in [-0.2, 0) is 4.79 Å². The number of Topliss-reactive ketones (excluding diaryl/α,β-unsaturated/α-hetero) is 1. The summed E-state index contributed by atoms with van der Waals surface area (Å²) in [6.07, 6.45) is 0. The van der Waals surface area contributed by atoms with Crippen LogP contribution in [0.1, 0.15) is 13.8 Å². The van der Waals surface area contributed by atoms with Crippen LogP contribution in [0.3, 0.4) is 0 Å². The highest BCUT2D eigenvalue weighted by molar-refractivity contribution is 6.45. The van der Waals surface area contributed by atoms with Gasteiger partial charge in [0.05, 0.1) is 0 Å². The molecule has 0 aromatic rings. The van der Waals surface area contributed by atoms with Crippen LogP contribution in [0.15, 0.2) is 0 Å². The summed E-state index contributed by atoms with van der Waals surface area (Å²) in [7, 11) is 0. The third kappa shape index (κ3) is 0.786. The highest BCUT2D eigenvalue weighted by Gasteiger charge is 2.54. The van der Waals surface area contributed by atoms with Crippen LogP contribution in [-0.4, -0.2) is 16.5 Å². The molecule has 1 rings (SSSR count). The number of hydrogen-bond acceptors (Lipinski definition) is 1. The predicted octanol–water partition coefficient (Wildman–Crippen LogP) is 1.81. The molecule has 0 aromatic heterocycles. The lowest BCUT2D eigenvalue weighted by Crippen LogP contribution is -2.57. The molecule has 1 fully saturated rings. The molecule has 0 N–H and O–H groups in total. The number of carbonyl (C=O) groups excluding carboxylic acids is 1. The summed E-state index contributed by atoms with van der Waals surface area (Å²) in [5, 5.41) is -0.750. The lowest BCUT2D eigenvalue weighted by Gasteiger charge is -2.43. The molecule has 1 nitrogen and oxygen atoms in total. The van der Waals surface area contributed by atoms with Gasteiger partial charge in [0, 0.05) is 5.41 Å². The van der Waals surface area contributed by atoms with Gasteiger partial charge in [-0.15, -0.1) is 23.2 Å². The Labute approximate surface area is 64.3 Å². The SMILES string of the molecule is CC1(C)C(Cl)C(=O)C1Cl. The van der Waals surface area contributed by atoms with Gasteiger partial charge in [0.2, 0.25) is 0 Å². The molecule has 0 spiro atoms. The van der Waals surface area contributed by atoms with E-state index in [1.54, 1.807) is 0 Å². The molecule has 0 aliphatic heterocycles. The monoisotopic (exact) mass is 166 g/mol. The molecule has 1 saturated carbocycles. The van der Waals surface area contributed by atoms with E-state index in [0.29, 0.717) is 0 Å². The summed E-state index contributed by atoms with van der Waals surface area (Å²) in [5.41, 5.74) is -0.208. The van der Waals surface area contributed by atoms with Gasteiger partial charge in [-0.2, -0.15) is 0 Å². The summed E-state index contributed by atoms with van der Waals surface area (Å²) in [4.78, 5) is 10.7. The van der Waals surface area contributed by atoms with Crippen molar-refractivity contribution < 1.29 is 4.79 Å². The third-order valence-electron chi connectivity index (χ3n) is 1.81. The van der Waals surface area contributed by atoms with E-state index >= 15 is 0 Å². The second kappa shape index (κ2) is 1.86. The zero-order chi connectivity index (χ0) is 7.23. The molecule has 0 saturated heterocycles. The molecule has 1 aliphatic rings. The summed E-state index contributed by atoms with van der Waals surface area (Å²) < 4.78 is 0. The first-order valence-corrected chi connectivity index (χ1v) is 3.67. The van der Waals surface area contributed by atoms with Gasteiger partial charge in [0.25, 0.3) is 0 Å². The zero-order valence-corrected chi connectivity index (χ0v) is 6.83. The van der Waals surface area contributed by atoms with Gasteiger partial charge in [0.1, 0.15) is 10.8 Å². The van der Waals surface area contributed by atoms with Crippen molar-refractivity contribution in [3.8, 4) is 0 Å². The second-order valence-corrected chi connectivity index (χ2v) is 3.82. The molecule has 52 valence electrons. The topological polar surface area (TPSA) is 17.1 Å². The molecule has 1 aliphatic carbocycles. The Kier molecular flexibility index (Phi) is 1.52. The van der Waals surface area contributed by atoms with Crippen molar-refractivity contribution in [3.63, 3.8) is 0 Å². The second-order valence-electron chi connectivity index (χ2n) is 2.95. The van der Waals surface area contributed by atoms with Crippen molar-refractivity contribution >= 4 is 29.0 Å². The normalized spacial score (nSPS) is 40.2. The fourth-order valence-electron chi connectivity index (χ4n) is 0.894. The third-order valence-corrected chi connectivity index (χ3v) is 3.36. The van der Waals surface area contributed by atoms with Crippen molar-refractivity contribution in [2.24, 2.45) is 5.41 Å². The van der Waals surface area contributed by atoms with E-state index in [0.717, 1.165) is 0 Å². The zero-order valence-electron chi connectivity index (χ0n) is 5.32. The van der Waals surface area contributed by atoms with Gasteiger partial charge >= 0.3 is 0 Å². The molecule has 0 radical (unpaired) electrons. The highest BCUT2D eigenvalue weighted by atomic mass is 35.5. The van der Waals surface area contributed by atoms with E-state index < -0.39 is 0 Å². The van der Waals surface area contributed by atoms with E-state index in [-0.39, 0.29) is 22.0 Å². The van der Waals surface area contributed by atoms with Gasteiger partial charge in [-0.1, -0.05) is 13.8 Å². The number of alkyl halides is 2. The maximum atomic E-state index is 10.7. The molecule has 9 heavy (non-hydrogen) atoms. The Balaban J connectivity index is 2.73. The van der Waals surface area contributed by atoms with Gasteiger partial charge in [-0.25, -0.2) is 0 Å². The van der Waals surface area contributed by atoms with E-state index in [1.807, 2.05) is 13.8 Å².